The second-order valence-corrected chi connectivity index (χ2v) is 4.56. The molecule has 0 saturated carbocycles. The Morgan fingerprint density at radius 1 is 0.900 bits per heavy atom. The van der Waals surface area contributed by atoms with Gasteiger partial charge in [-0.3, -0.25) is 0 Å². The number of azo groups is 1. The Bertz CT molecular complexity index is 647. The number of hydrogen-bond acceptors (Lipinski definition) is 6. The second-order valence-electron chi connectivity index (χ2n) is 4.56. The predicted octanol–water partition coefficient (Wildman–Crippen LogP) is 3.53. The molecule has 0 N–H and O–H groups in total. The molecule has 0 amide bonds. The number of nitrogens with zero attached hydrogens (tertiary/aromatic N) is 5. The maximum atomic E-state index is 5.36. The average molecular weight is 271 g/mol. The second kappa shape index (κ2) is 5.73. The lowest BCUT2D eigenvalue weighted by molar-refractivity contribution is 0.412. The standard InChI is InChI=1S/C14H17N5O/c1-8-6-9(2)13(20-5)12(7-8)18-19-14-16-10(3)15-11(4)17-14/h6-7H,1-5H3. The van der Waals surface area contributed by atoms with Gasteiger partial charge in [-0.25, -0.2) is 4.98 Å². The lowest BCUT2D eigenvalue weighted by Gasteiger charge is -2.08. The zero-order chi connectivity index (χ0) is 14.7. The normalized spacial score (nSPS) is 11.1. The van der Waals surface area contributed by atoms with Crippen molar-refractivity contribution in [2.75, 3.05) is 7.11 Å². The van der Waals surface area contributed by atoms with Gasteiger partial charge in [0.15, 0.2) is 0 Å². The van der Waals surface area contributed by atoms with Gasteiger partial charge in [-0.2, -0.15) is 9.97 Å². The van der Waals surface area contributed by atoms with E-state index in [1.54, 1.807) is 21.0 Å². The van der Waals surface area contributed by atoms with E-state index in [1.807, 2.05) is 26.0 Å². The molecule has 0 aliphatic heterocycles. The smallest absolute Gasteiger partial charge is 0.272 e. The summed E-state index contributed by atoms with van der Waals surface area (Å²) < 4.78 is 5.36. The van der Waals surface area contributed by atoms with Crippen molar-refractivity contribution in [3.63, 3.8) is 0 Å². The van der Waals surface area contributed by atoms with Crippen molar-refractivity contribution in [2.24, 2.45) is 10.2 Å². The number of hydrogen-bond donors (Lipinski definition) is 0. The summed E-state index contributed by atoms with van der Waals surface area (Å²) in [6.07, 6.45) is 0. The van der Waals surface area contributed by atoms with Crippen LogP contribution < -0.4 is 4.74 Å². The first-order chi connectivity index (χ1) is 9.49. The van der Waals surface area contributed by atoms with Crippen molar-refractivity contribution in [3.05, 3.63) is 34.9 Å². The molecule has 0 aliphatic carbocycles. The molecule has 1 heterocycles. The van der Waals surface area contributed by atoms with Crippen LogP contribution in [-0.2, 0) is 0 Å². The summed E-state index contributed by atoms with van der Waals surface area (Å²) in [6.45, 7) is 7.57. The number of aromatic nitrogens is 3. The highest BCUT2D eigenvalue weighted by Gasteiger charge is 2.07. The Kier molecular flexibility index (Phi) is 4.02. The van der Waals surface area contributed by atoms with Gasteiger partial charge < -0.3 is 4.74 Å². The van der Waals surface area contributed by atoms with Crippen LogP contribution in [0.25, 0.3) is 0 Å². The summed E-state index contributed by atoms with van der Waals surface area (Å²) in [5.41, 5.74) is 2.78. The van der Waals surface area contributed by atoms with Gasteiger partial charge in [-0.05, 0) is 44.9 Å². The van der Waals surface area contributed by atoms with Gasteiger partial charge in [0.2, 0.25) is 0 Å². The SMILES string of the molecule is COc1c(C)cc(C)cc1N=Nc1nc(C)nc(C)n1. The third-order valence-electron chi connectivity index (χ3n) is 2.70. The highest BCUT2D eigenvalue weighted by Crippen LogP contribution is 2.33. The predicted molar refractivity (Wildman–Crippen MR) is 75.9 cm³/mol. The first kappa shape index (κ1) is 14.0. The Hall–Kier alpha value is -2.37. The highest BCUT2D eigenvalue weighted by molar-refractivity contribution is 5.57. The largest absolute Gasteiger partial charge is 0.494 e. The van der Waals surface area contributed by atoms with Crippen LogP contribution >= 0.6 is 0 Å². The number of benzene rings is 1. The molecular formula is C14H17N5O. The Labute approximate surface area is 118 Å². The third kappa shape index (κ3) is 3.14. The van der Waals surface area contributed by atoms with Crippen LogP contribution in [0.5, 0.6) is 5.75 Å². The molecule has 0 unspecified atom stereocenters. The van der Waals surface area contributed by atoms with Crippen LogP contribution in [-0.4, -0.2) is 22.1 Å². The molecule has 2 rings (SSSR count). The molecule has 1 aromatic carbocycles. The minimum atomic E-state index is 0.302. The van der Waals surface area contributed by atoms with E-state index in [0.717, 1.165) is 11.1 Å². The summed E-state index contributed by atoms with van der Waals surface area (Å²) >= 11 is 0. The average Bonchev–Trinajstić information content (AvgIpc) is 2.34. The third-order valence-corrected chi connectivity index (χ3v) is 2.70. The van der Waals surface area contributed by atoms with Crippen molar-refractivity contribution in [1.82, 2.24) is 15.0 Å². The molecule has 0 atom stereocenters. The van der Waals surface area contributed by atoms with Gasteiger partial charge in [0.1, 0.15) is 23.1 Å². The summed E-state index contributed by atoms with van der Waals surface area (Å²) in [7, 11) is 1.62. The minimum absolute atomic E-state index is 0.302. The van der Waals surface area contributed by atoms with E-state index in [0.29, 0.717) is 29.0 Å². The van der Waals surface area contributed by atoms with Gasteiger partial charge >= 0.3 is 0 Å². The lowest BCUT2D eigenvalue weighted by atomic mass is 10.1. The monoisotopic (exact) mass is 271 g/mol. The van der Waals surface area contributed by atoms with Crippen LogP contribution in [0.1, 0.15) is 22.8 Å². The number of rotatable bonds is 3. The molecule has 0 fully saturated rings. The van der Waals surface area contributed by atoms with Crippen LogP contribution in [0.15, 0.2) is 22.4 Å². The van der Waals surface area contributed by atoms with Crippen molar-refractivity contribution in [2.45, 2.75) is 27.7 Å². The van der Waals surface area contributed by atoms with Crippen molar-refractivity contribution in [3.8, 4) is 5.75 Å². The maximum absolute atomic E-state index is 5.36. The Morgan fingerprint density at radius 2 is 1.55 bits per heavy atom. The van der Waals surface area contributed by atoms with E-state index < -0.39 is 0 Å². The van der Waals surface area contributed by atoms with E-state index >= 15 is 0 Å². The highest BCUT2D eigenvalue weighted by atomic mass is 16.5. The summed E-state index contributed by atoms with van der Waals surface area (Å²) in [6, 6.07) is 3.95. The Morgan fingerprint density at radius 3 is 2.15 bits per heavy atom. The fraction of sp³-hybridized carbons (Fsp3) is 0.357. The zero-order valence-corrected chi connectivity index (χ0v) is 12.3. The van der Waals surface area contributed by atoms with Crippen LogP contribution in [0.2, 0.25) is 0 Å². The molecule has 104 valence electrons. The first-order valence-electron chi connectivity index (χ1n) is 6.26. The topological polar surface area (TPSA) is 72.6 Å². The molecule has 2 aromatic rings. The van der Waals surface area contributed by atoms with Crippen LogP contribution in [0, 0.1) is 27.7 Å². The summed E-state index contributed by atoms with van der Waals surface area (Å²) in [5, 5.41) is 8.27. The van der Waals surface area contributed by atoms with E-state index in [-0.39, 0.29) is 0 Å². The minimum Gasteiger partial charge on any atom is -0.494 e. The number of ether oxygens (including phenoxy) is 1. The molecular weight excluding hydrogens is 254 g/mol. The van der Waals surface area contributed by atoms with Crippen LogP contribution in [0.3, 0.4) is 0 Å². The molecule has 0 saturated heterocycles. The molecule has 20 heavy (non-hydrogen) atoms. The summed E-state index contributed by atoms with van der Waals surface area (Å²) in [5.74, 6) is 2.26. The first-order valence-corrected chi connectivity index (χ1v) is 6.26. The lowest BCUT2D eigenvalue weighted by Crippen LogP contribution is -1.94. The molecule has 1 aromatic heterocycles. The fourth-order valence-electron chi connectivity index (χ4n) is 2.01. The quantitative estimate of drug-likeness (QED) is 0.800. The van der Waals surface area contributed by atoms with E-state index in [1.165, 1.54) is 0 Å². The molecule has 6 heteroatoms. The van der Waals surface area contributed by atoms with Gasteiger partial charge in [-0.1, -0.05) is 6.07 Å². The fourth-order valence-corrected chi connectivity index (χ4v) is 2.01. The van der Waals surface area contributed by atoms with Gasteiger partial charge in [0.05, 0.1) is 7.11 Å². The number of methoxy groups -OCH3 is 1. The summed E-state index contributed by atoms with van der Waals surface area (Å²) in [4.78, 5) is 12.4. The molecule has 0 aliphatic rings. The molecule has 6 nitrogen and oxygen atoms in total. The van der Waals surface area contributed by atoms with E-state index in [2.05, 4.69) is 25.2 Å². The molecule has 0 spiro atoms. The van der Waals surface area contributed by atoms with Crippen molar-refractivity contribution >= 4 is 11.6 Å². The molecule has 0 bridgehead atoms. The Balaban J connectivity index is 2.40. The number of aryl methyl sites for hydroxylation is 4. The van der Waals surface area contributed by atoms with Gasteiger partial charge in [0.25, 0.3) is 5.95 Å². The van der Waals surface area contributed by atoms with Gasteiger partial charge in [0, 0.05) is 0 Å². The van der Waals surface area contributed by atoms with Gasteiger partial charge in [-0.15, -0.1) is 10.2 Å². The zero-order valence-electron chi connectivity index (χ0n) is 12.3. The van der Waals surface area contributed by atoms with Crippen molar-refractivity contribution < 1.29 is 4.74 Å². The van der Waals surface area contributed by atoms with Crippen LogP contribution in [0.4, 0.5) is 11.6 Å². The van der Waals surface area contributed by atoms with Crippen molar-refractivity contribution in [1.29, 1.82) is 0 Å². The molecule has 0 radical (unpaired) electrons. The maximum Gasteiger partial charge on any atom is 0.272 e. The van der Waals surface area contributed by atoms with E-state index in [4.69, 9.17) is 4.74 Å². The van der Waals surface area contributed by atoms with E-state index in [9.17, 15) is 0 Å².